The van der Waals surface area contributed by atoms with Crippen molar-refractivity contribution < 1.29 is 18.8 Å². The zero-order valence-corrected chi connectivity index (χ0v) is 11.9. The number of hydrogen-bond acceptors (Lipinski definition) is 3. The maximum Gasteiger partial charge on any atom is 0.358 e. The van der Waals surface area contributed by atoms with Gasteiger partial charge in [-0.25, -0.2) is 9.18 Å². The van der Waals surface area contributed by atoms with Gasteiger partial charge in [-0.2, -0.15) is 0 Å². The summed E-state index contributed by atoms with van der Waals surface area (Å²) >= 11 is 3.30. The lowest BCUT2D eigenvalue weighted by atomic mass is 9.98. The Balaban J connectivity index is 2.41. The van der Waals surface area contributed by atoms with Gasteiger partial charge in [0.2, 0.25) is 0 Å². The molecule has 19 heavy (non-hydrogen) atoms. The van der Waals surface area contributed by atoms with Crippen LogP contribution < -0.4 is 0 Å². The van der Waals surface area contributed by atoms with Gasteiger partial charge in [-0.1, -0.05) is 33.2 Å². The molecule has 0 atom stereocenters. The van der Waals surface area contributed by atoms with Crippen molar-refractivity contribution >= 4 is 21.9 Å². The fourth-order valence-corrected chi connectivity index (χ4v) is 2.51. The van der Waals surface area contributed by atoms with Gasteiger partial charge < -0.3 is 9.63 Å². The fraction of sp³-hybridized carbons (Fsp3) is 0.231. The van der Waals surface area contributed by atoms with E-state index in [1.807, 2.05) is 0 Å². The molecule has 0 bridgehead atoms. The summed E-state index contributed by atoms with van der Waals surface area (Å²) in [5.74, 6) is -0.836. The highest BCUT2D eigenvalue weighted by Gasteiger charge is 2.22. The van der Waals surface area contributed by atoms with E-state index in [-0.39, 0.29) is 5.69 Å². The van der Waals surface area contributed by atoms with Crippen LogP contribution in [-0.4, -0.2) is 16.2 Å². The van der Waals surface area contributed by atoms with Crippen LogP contribution in [0.1, 0.15) is 29.9 Å². The Morgan fingerprint density at radius 3 is 2.58 bits per heavy atom. The van der Waals surface area contributed by atoms with E-state index < -0.39 is 11.6 Å². The Morgan fingerprint density at radius 2 is 2.11 bits per heavy atom. The van der Waals surface area contributed by atoms with Gasteiger partial charge in [-0.3, -0.25) is 0 Å². The Bertz CT molecular complexity index is 631. The molecule has 0 aliphatic rings. The van der Waals surface area contributed by atoms with E-state index in [2.05, 4.69) is 21.1 Å². The summed E-state index contributed by atoms with van der Waals surface area (Å²) in [7, 11) is 0. The van der Waals surface area contributed by atoms with Gasteiger partial charge in [0.15, 0.2) is 11.5 Å². The number of benzene rings is 1. The number of halogens is 2. The first kappa shape index (κ1) is 13.7. The average Bonchev–Trinajstić information content (AvgIpc) is 2.76. The SMILES string of the molecule is CC(C)(F)c1ccc(-c2cc(C(=O)O)no2)cc1Br. The van der Waals surface area contributed by atoms with Gasteiger partial charge in [-0.15, -0.1) is 0 Å². The number of alkyl halides is 1. The minimum atomic E-state index is -1.47. The lowest BCUT2D eigenvalue weighted by molar-refractivity contribution is 0.0686. The molecule has 0 unspecified atom stereocenters. The second-order valence-corrected chi connectivity index (χ2v) is 5.40. The maximum atomic E-state index is 13.9. The molecule has 2 aromatic rings. The lowest BCUT2D eigenvalue weighted by Crippen LogP contribution is -2.09. The molecule has 0 amide bonds. The third-order valence-corrected chi connectivity index (χ3v) is 3.28. The van der Waals surface area contributed by atoms with E-state index in [0.717, 1.165) is 0 Å². The number of hydrogen-bond donors (Lipinski definition) is 1. The van der Waals surface area contributed by atoms with Crippen LogP contribution >= 0.6 is 15.9 Å². The van der Waals surface area contributed by atoms with E-state index in [1.54, 1.807) is 18.2 Å². The Hall–Kier alpha value is -1.69. The normalized spacial score (nSPS) is 11.6. The van der Waals surface area contributed by atoms with Crippen molar-refractivity contribution in [1.82, 2.24) is 5.16 Å². The van der Waals surface area contributed by atoms with E-state index in [9.17, 15) is 9.18 Å². The van der Waals surface area contributed by atoms with Crippen molar-refractivity contribution in [2.75, 3.05) is 0 Å². The Labute approximate surface area is 117 Å². The fourth-order valence-electron chi connectivity index (χ4n) is 1.66. The molecular weight excluding hydrogens is 317 g/mol. The van der Waals surface area contributed by atoms with E-state index in [1.165, 1.54) is 19.9 Å². The van der Waals surface area contributed by atoms with Crippen LogP contribution in [0.15, 0.2) is 33.3 Å². The van der Waals surface area contributed by atoms with Crippen molar-refractivity contribution in [2.45, 2.75) is 19.5 Å². The number of aromatic carboxylic acids is 1. The van der Waals surface area contributed by atoms with Crippen LogP contribution in [-0.2, 0) is 5.67 Å². The van der Waals surface area contributed by atoms with E-state index >= 15 is 0 Å². The molecule has 6 heteroatoms. The third-order valence-electron chi connectivity index (χ3n) is 2.62. The first-order valence-corrected chi connectivity index (χ1v) is 6.27. The molecule has 1 aromatic heterocycles. The van der Waals surface area contributed by atoms with Crippen molar-refractivity contribution in [3.05, 3.63) is 40.0 Å². The highest BCUT2D eigenvalue weighted by atomic mass is 79.9. The van der Waals surface area contributed by atoms with E-state index in [0.29, 0.717) is 21.4 Å². The van der Waals surface area contributed by atoms with Gasteiger partial charge in [0.1, 0.15) is 5.67 Å². The minimum absolute atomic E-state index is 0.166. The van der Waals surface area contributed by atoms with Gasteiger partial charge in [0.25, 0.3) is 0 Å². The highest BCUT2D eigenvalue weighted by Crippen LogP contribution is 2.34. The first-order chi connectivity index (χ1) is 8.79. The number of carboxylic acid groups (broad SMARTS) is 1. The minimum Gasteiger partial charge on any atom is -0.476 e. The van der Waals surface area contributed by atoms with E-state index in [4.69, 9.17) is 9.63 Å². The Kier molecular flexibility index (Phi) is 3.45. The maximum absolute atomic E-state index is 13.9. The smallest absolute Gasteiger partial charge is 0.358 e. The molecule has 0 aliphatic carbocycles. The number of rotatable bonds is 3. The highest BCUT2D eigenvalue weighted by molar-refractivity contribution is 9.10. The van der Waals surface area contributed by atoms with Gasteiger partial charge in [0, 0.05) is 21.7 Å². The van der Waals surface area contributed by atoms with Crippen LogP contribution in [0.4, 0.5) is 4.39 Å². The summed E-state index contributed by atoms with van der Waals surface area (Å²) < 4.78 is 19.4. The van der Waals surface area contributed by atoms with Crippen LogP contribution in [0, 0.1) is 0 Å². The molecule has 4 nitrogen and oxygen atoms in total. The lowest BCUT2D eigenvalue weighted by Gasteiger charge is -2.16. The summed E-state index contributed by atoms with van der Waals surface area (Å²) in [5.41, 5.74) is -0.500. The molecule has 2 rings (SSSR count). The summed E-state index contributed by atoms with van der Waals surface area (Å²) in [6, 6.07) is 6.28. The summed E-state index contributed by atoms with van der Waals surface area (Å²) in [4.78, 5) is 10.7. The second-order valence-electron chi connectivity index (χ2n) is 4.55. The van der Waals surface area contributed by atoms with Crippen molar-refractivity contribution in [3.63, 3.8) is 0 Å². The molecule has 1 aromatic carbocycles. The monoisotopic (exact) mass is 327 g/mol. The molecule has 0 fully saturated rings. The molecule has 0 saturated carbocycles. The zero-order chi connectivity index (χ0) is 14.2. The number of carboxylic acids is 1. The number of carbonyl (C=O) groups is 1. The van der Waals surface area contributed by atoms with Crippen LogP contribution in [0.5, 0.6) is 0 Å². The molecule has 1 N–H and O–H groups in total. The van der Waals surface area contributed by atoms with Gasteiger partial charge in [-0.05, 0) is 19.9 Å². The zero-order valence-electron chi connectivity index (χ0n) is 10.3. The van der Waals surface area contributed by atoms with Crippen molar-refractivity contribution in [3.8, 4) is 11.3 Å². The molecule has 0 saturated heterocycles. The van der Waals surface area contributed by atoms with Crippen molar-refractivity contribution in [1.29, 1.82) is 0 Å². The van der Waals surface area contributed by atoms with Crippen molar-refractivity contribution in [2.24, 2.45) is 0 Å². The topological polar surface area (TPSA) is 63.3 Å². The first-order valence-electron chi connectivity index (χ1n) is 5.48. The van der Waals surface area contributed by atoms with Gasteiger partial charge in [0.05, 0.1) is 0 Å². The molecular formula is C13H11BrFNO3. The number of nitrogens with zero attached hydrogens (tertiary/aromatic N) is 1. The Morgan fingerprint density at radius 1 is 1.42 bits per heavy atom. The summed E-state index contributed by atoms with van der Waals surface area (Å²) in [5, 5.41) is 12.2. The quantitative estimate of drug-likeness (QED) is 0.925. The van der Waals surface area contributed by atoms with Gasteiger partial charge >= 0.3 is 5.97 Å². The van der Waals surface area contributed by atoms with Crippen LogP contribution in [0.2, 0.25) is 0 Å². The third kappa shape index (κ3) is 2.84. The summed E-state index contributed by atoms with van der Waals surface area (Å²) in [6.07, 6.45) is 0. The predicted molar refractivity (Wildman–Crippen MR) is 70.7 cm³/mol. The average molecular weight is 328 g/mol. The standard InChI is InChI=1S/C13H11BrFNO3/c1-13(2,15)8-4-3-7(5-9(8)14)11-6-10(12(17)18)16-19-11/h3-6H,1-2H3,(H,17,18). The molecule has 0 radical (unpaired) electrons. The number of aromatic nitrogens is 1. The molecule has 100 valence electrons. The predicted octanol–water partition coefficient (Wildman–Crippen LogP) is 4.01. The van der Waals surface area contributed by atoms with Crippen LogP contribution in [0.25, 0.3) is 11.3 Å². The second kappa shape index (κ2) is 4.77. The van der Waals surface area contributed by atoms with Crippen LogP contribution in [0.3, 0.4) is 0 Å². The molecule has 0 spiro atoms. The molecule has 1 heterocycles. The largest absolute Gasteiger partial charge is 0.476 e. The molecule has 0 aliphatic heterocycles. The summed E-state index contributed by atoms with van der Waals surface area (Å²) in [6.45, 7) is 2.92.